The van der Waals surface area contributed by atoms with E-state index in [4.69, 9.17) is 15.5 Å². The predicted molar refractivity (Wildman–Crippen MR) is 183 cm³/mol. The van der Waals surface area contributed by atoms with E-state index in [-0.39, 0.29) is 5.82 Å². The number of nitrogens with one attached hydrogen (secondary N) is 2. The van der Waals surface area contributed by atoms with Gasteiger partial charge in [-0.2, -0.15) is 0 Å². The number of rotatable bonds is 9. The van der Waals surface area contributed by atoms with Crippen molar-refractivity contribution in [2.75, 3.05) is 7.11 Å². The van der Waals surface area contributed by atoms with E-state index in [2.05, 4.69) is 38.5 Å². The van der Waals surface area contributed by atoms with Crippen LogP contribution >= 0.6 is 0 Å². The number of H-pyrrole nitrogens is 1. The largest absolute Gasteiger partial charge is 0.497 e. The minimum Gasteiger partial charge on any atom is -0.497 e. The van der Waals surface area contributed by atoms with Crippen LogP contribution in [0.4, 0.5) is 4.39 Å². The van der Waals surface area contributed by atoms with Crippen molar-refractivity contribution in [2.45, 2.75) is 26.9 Å². The van der Waals surface area contributed by atoms with Crippen molar-refractivity contribution < 1.29 is 9.13 Å². The van der Waals surface area contributed by atoms with E-state index < -0.39 is 0 Å². The smallest absolute Gasteiger partial charge is 0.127 e. The zero-order valence-electron chi connectivity index (χ0n) is 26.0. The fourth-order valence-electron chi connectivity index (χ4n) is 5.59. The van der Waals surface area contributed by atoms with Crippen LogP contribution in [-0.2, 0) is 13.1 Å². The second-order valence-corrected chi connectivity index (χ2v) is 11.3. The van der Waals surface area contributed by atoms with Crippen molar-refractivity contribution in [1.29, 1.82) is 0 Å². The molecule has 0 fully saturated rings. The standard InChI is InChI=1S/C38H35FN6O/c1-24(2)37-34(15-28(18-40)29-12-26(21-42-22-29)20-41-19-25-8-5-4-6-9-25)38(44-23-43-37)36-17-33-32(10-7-11-35(33)45-36)27-13-30(39)16-31(14-27)46-3/h4-18,21-23,41,45H,19-20,40H2,1-3H3/b28-18+,34-15+. The summed E-state index contributed by atoms with van der Waals surface area (Å²) < 4.78 is 19.8. The van der Waals surface area contributed by atoms with Gasteiger partial charge in [0.25, 0.3) is 0 Å². The van der Waals surface area contributed by atoms with Crippen LogP contribution in [0, 0.1) is 5.82 Å². The zero-order chi connectivity index (χ0) is 32.0. The number of methoxy groups -OCH3 is 1. The first kappa shape index (κ1) is 30.4. The molecule has 0 radical (unpaired) electrons. The maximum Gasteiger partial charge on any atom is 0.127 e. The minimum absolute atomic E-state index is 0.361. The van der Waals surface area contributed by atoms with Crippen molar-refractivity contribution in [3.8, 4) is 28.3 Å². The number of allylic oxidation sites excluding steroid dienone is 1. The summed E-state index contributed by atoms with van der Waals surface area (Å²) in [6.07, 6.45) is 8.84. The lowest BCUT2D eigenvalue weighted by atomic mass is 10.0. The SMILES string of the molecule is COc1cc(F)cc(-c2cccc3[nH]c(-c4ncnc(=C(C)C)/c4=C\C(=C/N)c4cncc(CNCc5ccccc5)c4)cc23)c1. The number of fused-ring (bicyclic) bond motifs is 1. The molecule has 0 unspecified atom stereocenters. The molecule has 8 heteroatoms. The lowest BCUT2D eigenvalue weighted by Gasteiger charge is -2.08. The van der Waals surface area contributed by atoms with Gasteiger partial charge in [-0.25, -0.2) is 14.4 Å². The number of benzene rings is 3. The molecule has 3 aromatic heterocycles. The van der Waals surface area contributed by atoms with Crippen LogP contribution < -0.4 is 26.4 Å². The second-order valence-electron chi connectivity index (χ2n) is 11.3. The number of ether oxygens (including phenoxy) is 1. The van der Waals surface area contributed by atoms with E-state index in [1.54, 1.807) is 12.5 Å². The van der Waals surface area contributed by atoms with Gasteiger partial charge >= 0.3 is 0 Å². The highest BCUT2D eigenvalue weighted by molar-refractivity contribution is 5.98. The second kappa shape index (κ2) is 13.6. The van der Waals surface area contributed by atoms with Gasteiger partial charge in [0.1, 0.15) is 17.9 Å². The molecule has 3 heterocycles. The van der Waals surface area contributed by atoms with Crippen molar-refractivity contribution in [1.82, 2.24) is 25.3 Å². The average Bonchev–Trinajstić information content (AvgIpc) is 3.52. The van der Waals surface area contributed by atoms with Crippen LogP contribution in [0.5, 0.6) is 5.75 Å². The number of aromatic nitrogens is 4. The molecule has 0 aliphatic heterocycles. The van der Waals surface area contributed by atoms with Crippen LogP contribution in [0.15, 0.2) is 104 Å². The summed E-state index contributed by atoms with van der Waals surface area (Å²) in [5, 5.41) is 6.06. The summed E-state index contributed by atoms with van der Waals surface area (Å²) in [7, 11) is 1.53. The summed E-state index contributed by atoms with van der Waals surface area (Å²) in [6, 6.07) is 25.1. The van der Waals surface area contributed by atoms with E-state index in [1.807, 2.05) is 80.8 Å². The first-order valence-electron chi connectivity index (χ1n) is 15.0. The Kier molecular flexibility index (Phi) is 8.98. The Hall–Kier alpha value is -5.60. The number of nitrogens with two attached hydrogens (primary N) is 1. The van der Waals surface area contributed by atoms with Crippen molar-refractivity contribution in [3.05, 3.63) is 137 Å². The molecule has 6 aromatic rings. The van der Waals surface area contributed by atoms with E-state index in [0.717, 1.165) is 72.8 Å². The molecule has 46 heavy (non-hydrogen) atoms. The monoisotopic (exact) mass is 610 g/mol. The van der Waals surface area contributed by atoms with Gasteiger partial charge in [-0.15, -0.1) is 0 Å². The Morgan fingerprint density at radius 3 is 2.54 bits per heavy atom. The van der Waals surface area contributed by atoms with Gasteiger partial charge in [0, 0.05) is 59.4 Å². The molecule has 0 atom stereocenters. The Bertz CT molecular complexity index is 2170. The van der Waals surface area contributed by atoms with Crippen LogP contribution in [0.1, 0.15) is 30.5 Å². The minimum atomic E-state index is -0.361. The van der Waals surface area contributed by atoms with E-state index >= 15 is 0 Å². The average molecular weight is 611 g/mol. The predicted octanol–water partition coefficient (Wildman–Crippen LogP) is 6.10. The number of hydrogen-bond acceptors (Lipinski definition) is 6. The summed E-state index contributed by atoms with van der Waals surface area (Å²) in [6.45, 7) is 5.47. The van der Waals surface area contributed by atoms with E-state index in [0.29, 0.717) is 12.3 Å². The summed E-state index contributed by atoms with van der Waals surface area (Å²) in [5.74, 6) is 0.0979. The maximum absolute atomic E-state index is 14.5. The van der Waals surface area contributed by atoms with Crippen molar-refractivity contribution in [3.63, 3.8) is 0 Å². The van der Waals surface area contributed by atoms with E-state index in [9.17, 15) is 4.39 Å². The number of halogens is 1. The fourth-order valence-corrected chi connectivity index (χ4v) is 5.59. The highest BCUT2D eigenvalue weighted by Crippen LogP contribution is 2.33. The Morgan fingerprint density at radius 1 is 0.935 bits per heavy atom. The first-order valence-corrected chi connectivity index (χ1v) is 15.0. The normalized spacial score (nSPS) is 12.1. The third-order valence-electron chi connectivity index (χ3n) is 7.80. The van der Waals surface area contributed by atoms with Gasteiger partial charge in [-0.3, -0.25) is 4.98 Å². The summed E-state index contributed by atoms with van der Waals surface area (Å²) >= 11 is 0. The van der Waals surface area contributed by atoms with Gasteiger partial charge in [-0.05, 0) is 83.7 Å². The molecule has 0 aliphatic rings. The number of nitrogens with zero attached hydrogens (tertiary/aromatic N) is 3. The molecule has 0 aliphatic carbocycles. The Labute approximate surface area is 267 Å². The zero-order valence-corrected chi connectivity index (χ0v) is 26.0. The van der Waals surface area contributed by atoms with E-state index in [1.165, 1.54) is 24.8 Å². The number of hydrogen-bond donors (Lipinski definition) is 3. The molecule has 7 nitrogen and oxygen atoms in total. The molecule has 0 amide bonds. The summed E-state index contributed by atoms with van der Waals surface area (Å²) in [5.41, 5.74) is 15.2. The molecule has 230 valence electrons. The summed E-state index contributed by atoms with van der Waals surface area (Å²) in [4.78, 5) is 17.4. The third kappa shape index (κ3) is 6.57. The van der Waals surface area contributed by atoms with Gasteiger partial charge in [0.15, 0.2) is 0 Å². The number of aromatic amines is 1. The third-order valence-corrected chi connectivity index (χ3v) is 7.80. The molecule has 6 rings (SSSR count). The van der Waals surface area contributed by atoms with Crippen LogP contribution in [0.3, 0.4) is 0 Å². The number of pyridine rings is 1. The van der Waals surface area contributed by atoms with Gasteiger partial charge in [0.05, 0.1) is 23.8 Å². The van der Waals surface area contributed by atoms with Crippen LogP contribution in [-0.4, -0.2) is 27.0 Å². The topological polar surface area (TPSA) is 102 Å². The van der Waals surface area contributed by atoms with Gasteiger partial charge in [-0.1, -0.05) is 42.5 Å². The van der Waals surface area contributed by atoms with Crippen molar-refractivity contribution >= 4 is 28.1 Å². The quantitative estimate of drug-likeness (QED) is 0.183. The molecule has 3 aromatic carbocycles. The van der Waals surface area contributed by atoms with Crippen LogP contribution in [0.25, 0.3) is 50.6 Å². The van der Waals surface area contributed by atoms with Crippen molar-refractivity contribution in [2.24, 2.45) is 5.73 Å². The van der Waals surface area contributed by atoms with Gasteiger partial charge in [0.2, 0.25) is 0 Å². The molecule has 0 saturated heterocycles. The molecule has 0 saturated carbocycles. The fraction of sp³-hybridized carbons (Fsp3) is 0.132. The Balaban J connectivity index is 1.41. The van der Waals surface area contributed by atoms with Gasteiger partial charge < -0.3 is 20.8 Å². The molecular weight excluding hydrogens is 575 g/mol. The lowest BCUT2D eigenvalue weighted by Crippen LogP contribution is -2.32. The lowest BCUT2D eigenvalue weighted by molar-refractivity contribution is 0.411. The first-order chi connectivity index (χ1) is 22.4. The maximum atomic E-state index is 14.5. The molecule has 4 N–H and O–H groups in total. The highest BCUT2D eigenvalue weighted by atomic mass is 19.1. The highest BCUT2D eigenvalue weighted by Gasteiger charge is 2.14. The van der Waals surface area contributed by atoms with Crippen LogP contribution in [0.2, 0.25) is 0 Å². The molecule has 0 spiro atoms. The Morgan fingerprint density at radius 2 is 1.76 bits per heavy atom. The molecule has 0 bridgehead atoms. The molecular formula is C38H35FN6O.